The van der Waals surface area contributed by atoms with Crippen LogP contribution in [0.3, 0.4) is 0 Å². The third kappa shape index (κ3) is 4.39. The van der Waals surface area contributed by atoms with Gasteiger partial charge in [0.05, 0.1) is 11.6 Å². The van der Waals surface area contributed by atoms with E-state index >= 15 is 0 Å². The number of benzene rings is 3. The highest BCUT2D eigenvalue weighted by Crippen LogP contribution is 2.43. The van der Waals surface area contributed by atoms with E-state index in [0.29, 0.717) is 16.8 Å². The largest absolute Gasteiger partial charge is 0.507 e. The van der Waals surface area contributed by atoms with Crippen molar-refractivity contribution in [2.75, 3.05) is 4.90 Å². The molecule has 0 spiro atoms. The summed E-state index contributed by atoms with van der Waals surface area (Å²) in [5.41, 5.74) is 5.20. The van der Waals surface area contributed by atoms with Crippen LogP contribution in [0.5, 0.6) is 0 Å². The molecule has 3 aromatic carbocycles. The van der Waals surface area contributed by atoms with Gasteiger partial charge >= 0.3 is 0 Å². The van der Waals surface area contributed by atoms with Gasteiger partial charge in [-0.15, -0.1) is 0 Å². The van der Waals surface area contributed by atoms with Crippen molar-refractivity contribution in [3.63, 3.8) is 0 Å². The third-order valence-corrected chi connectivity index (χ3v) is 6.76. The summed E-state index contributed by atoms with van der Waals surface area (Å²) >= 11 is 0. The molecule has 1 N–H and O–H groups in total. The van der Waals surface area contributed by atoms with E-state index in [1.54, 1.807) is 18.2 Å². The van der Waals surface area contributed by atoms with Crippen LogP contribution >= 0.6 is 0 Å². The average molecular weight is 472 g/mol. The lowest BCUT2D eigenvalue weighted by atomic mass is 9.84. The van der Waals surface area contributed by atoms with Gasteiger partial charge in [-0.2, -0.15) is 0 Å². The number of hydrogen-bond acceptors (Lipinski definition) is 3. The van der Waals surface area contributed by atoms with E-state index in [0.717, 1.165) is 22.3 Å². The molecule has 1 atom stereocenters. The second-order valence-corrected chi connectivity index (χ2v) is 10.3. The fourth-order valence-electron chi connectivity index (χ4n) is 4.42. The lowest BCUT2D eigenvalue weighted by Crippen LogP contribution is -2.29. The quantitative estimate of drug-likeness (QED) is 0.263. The Morgan fingerprint density at radius 1 is 0.857 bits per heavy atom. The molecular formula is C30H30FNO3. The molecule has 180 valence electrons. The van der Waals surface area contributed by atoms with Crippen LogP contribution < -0.4 is 4.90 Å². The summed E-state index contributed by atoms with van der Waals surface area (Å²) in [7, 11) is 0. The van der Waals surface area contributed by atoms with Crippen LogP contribution in [0.2, 0.25) is 0 Å². The maximum Gasteiger partial charge on any atom is 0.300 e. The van der Waals surface area contributed by atoms with Crippen molar-refractivity contribution in [2.45, 2.75) is 53.0 Å². The molecule has 5 heteroatoms. The Hall–Kier alpha value is -3.73. The zero-order valence-electron chi connectivity index (χ0n) is 20.9. The minimum absolute atomic E-state index is 0.00556. The lowest BCUT2D eigenvalue weighted by Gasteiger charge is -2.26. The minimum atomic E-state index is -0.893. The number of Topliss-reactive ketones (excluding diaryl/α,β-unsaturated/α-hetero) is 1. The summed E-state index contributed by atoms with van der Waals surface area (Å²) in [4.78, 5) is 28.2. The first-order chi connectivity index (χ1) is 16.4. The zero-order chi connectivity index (χ0) is 25.7. The van der Waals surface area contributed by atoms with Gasteiger partial charge in [-0.25, -0.2) is 4.39 Å². The van der Waals surface area contributed by atoms with Gasteiger partial charge in [0.1, 0.15) is 11.6 Å². The highest BCUT2D eigenvalue weighted by Gasteiger charge is 2.47. The molecule has 0 radical (unpaired) electrons. The van der Waals surface area contributed by atoms with E-state index in [1.807, 2.05) is 51.1 Å². The van der Waals surface area contributed by atoms with E-state index in [4.69, 9.17) is 0 Å². The normalized spacial score (nSPS) is 17.8. The molecule has 4 nitrogen and oxygen atoms in total. The fourth-order valence-corrected chi connectivity index (χ4v) is 4.42. The molecule has 35 heavy (non-hydrogen) atoms. The molecule has 4 rings (SSSR count). The van der Waals surface area contributed by atoms with E-state index < -0.39 is 23.5 Å². The minimum Gasteiger partial charge on any atom is -0.507 e. The van der Waals surface area contributed by atoms with Crippen LogP contribution in [0.25, 0.3) is 5.76 Å². The SMILES string of the molecule is Cc1ccc(N2C(=O)C(=O)/C(=C(/O)c3cc(C(C)(C)C)ccc3C)C2c2ccc(F)cc2)cc1C. The molecule has 1 fully saturated rings. The number of carbonyl (C=O) groups excluding carboxylic acids is 2. The van der Waals surface area contributed by atoms with Gasteiger partial charge in [-0.05, 0) is 84.3 Å². The van der Waals surface area contributed by atoms with Gasteiger partial charge in [0, 0.05) is 11.3 Å². The molecule has 0 bridgehead atoms. The molecule has 1 aliphatic heterocycles. The van der Waals surface area contributed by atoms with Gasteiger partial charge in [-0.1, -0.05) is 51.1 Å². The molecule has 1 aliphatic rings. The Balaban J connectivity index is 1.98. The molecule has 1 saturated heterocycles. The van der Waals surface area contributed by atoms with Gasteiger partial charge in [0.2, 0.25) is 0 Å². The average Bonchev–Trinajstić information content (AvgIpc) is 3.06. The molecule has 0 aromatic heterocycles. The van der Waals surface area contributed by atoms with Gasteiger partial charge < -0.3 is 5.11 Å². The molecule has 0 aliphatic carbocycles. The predicted molar refractivity (Wildman–Crippen MR) is 137 cm³/mol. The zero-order valence-corrected chi connectivity index (χ0v) is 20.9. The Morgan fingerprint density at radius 2 is 1.49 bits per heavy atom. The lowest BCUT2D eigenvalue weighted by molar-refractivity contribution is -0.132. The third-order valence-electron chi connectivity index (χ3n) is 6.76. The van der Waals surface area contributed by atoms with E-state index in [-0.39, 0.29) is 16.7 Å². The summed E-state index contributed by atoms with van der Waals surface area (Å²) in [6.07, 6.45) is 0. The number of halogens is 1. The van der Waals surface area contributed by atoms with Crippen LogP contribution in [0.4, 0.5) is 10.1 Å². The number of aliphatic hydroxyl groups excluding tert-OH is 1. The first-order valence-electron chi connectivity index (χ1n) is 11.7. The monoisotopic (exact) mass is 471 g/mol. The van der Waals surface area contributed by atoms with Crippen molar-refractivity contribution < 1.29 is 19.1 Å². The van der Waals surface area contributed by atoms with Gasteiger partial charge in [0.15, 0.2) is 0 Å². The maximum atomic E-state index is 13.8. The number of hydrogen-bond donors (Lipinski definition) is 1. The number of amides is 1. The topological polar surface area (TPSA) is 57.6 Å². The summed E-state index contributed by atoms with van der Waals surface area (Å²) in [6, 6.07) is 16.1. The van der Waals surface area contributed by atoms with E-state index in [2.05, 4.69) is 20.8 Å². The van der Waals surface area contributed by atoms with Crippen molar-refractivity contribution in [1.82, 2.24) is 0 Å². The number of nitrogens with zero attached hydrogens (tertiary/aromatic N) is 1. The van der Waals surface area contributed by atoms with Crippen LogP contribution in [-0.2, 0) is 15.0 Å². The van der Waals surface area contributed by atoms with Crippen LogP contribution in [0, 0.1) is 26.6 Å². The van der Waals surface area contributed by atoms with Gasteiger partial charge in [0.25, 0.3) is 11.7 Å². The molecule has 1 heterocycles. The number of anilines is 1. The van der Waals surface area contributed by atoms with Gasteiger partial charge in [-0.3, -0.25) is 14.5 Å². The smallest absolute Gasteiger partial charge is 0.300 e. The Morgan fingerprint density at radius 3 is 2.09 bits per heavy atom. The van der Waals surface area contributed by atoms with Crippen LogP contribution in [-0.4, -0.2) is 16.8 Å². The molecule has 1 unspecified atom stereocenters. The molecular weight excluding hydrogens is 441 g/mol. The highest BCUT2D eigenvalue weighted by molar-refractivity contribution is 6.51. The second-order valence-electron chi connectivity index (χ2n) is 10.3. The van der Waals surface area contributed by atoms with Crippen molar-refractivity contribution in [3.05, 3.63) is 105 Å². The molecule has 3 aromatic rings. The fraction of sp³-hybridized carbons (Fsp3) is 0.267. The van der Waals surface area contributed by atoms with Crippen molar-refractivity contribution in [1.29, 1.82) is 0 Å². The number of carbonyl (C=O) groups is 2. The summed E-state index contributed by atoms with van der Waals surface area (Å²) < 4.78 is 13.8. The standard InChI is InChI=1S/C30H30FNO3/c1-17-8-14-23(15-19(17)3)32-26(20-9-12-22(31)13-10-20)25(28(34)29(32)35)27(33)24-16-21(30(4,5)6)11-7-18(24)2/h7-16,26,33H,1-6H3/b27-25+. The highest BCUT2D eigenvalue weighted by atomic mass is 19.1. The van der Waals surface area contributed by atoms with Crippen molar-refractivity contribution in [2.24, 2.45) is 0 Å². The van der Waals surface area contributed by atoms with Crippen LogP contribution in [0.15, 0.2) is 66.2 Å². The Bertz CT molecular complexity index is 1360. The van der Waals surface area contributed by atoms with Crippen molar-refractivity contribution >= 4 is 23.1 Å². The Labute approximate surface area is 205 Å². The first-order valence-corrected chi connectivity index (χ1v) is 11.7. The maximum absolute atomic E-state index is 13.8. The number of aliphatic hydroxyl groups is 1. The Kier molecular flexibility index (Phi) is 6.14. The number of aryl methyl sites for hydroxylation is 3. The second kappa shape index (κ2) is 8.81. The number of rotatable bonds is 3. The van der Waals surface area contributed by atoms with E-state index in [1.165, 1.54) is 17.0 Å². The van der Waals surface area contributed by atoms with E-state index in [9.17, 15) is 19.1 Å². The van der Waals surface area contributed by atoms with Crippen LogP contribution in [0.1, 0.15) is 60.2 Å². The van der Waals surface area contributed by atoms with Crippen molar-refractivity contribution in [3.8, 4) is 0 Å². The summed E-state index contributed by atoms with van der Waals surface area (Å²) in [5.74, 6) is -2.15. The predicted octanol–water partition coefficient (Wildman–Crippen LogP) is 6.67. The summed E-state index contributed by atoms with van der Waals surface area (Å²) in [5, 5.41) is 11.5. The molecule has 0 saturated carbocycles. The first kappa shape index (κ1) is 24.4. The molecule has 1 amide bonds. The summed E-state index contributed by atoms with van der Waals surface area (Å²) in [6.45, 7) is 12.0. The number of ketones is 1.